The second kappa shape index (κ2) is 6.80. The highest BCUT2D eigenvalue weighted by molar-refractivity contribution is 6.01. The fourth-order valence-electron chi connectivity index (χ4n) is 0.806. The molecule has 86 valence electrons. The highest BCUT2D eigenvalue weighted by Crippen LogP contribution is 2.02. The SMILES string of the molecule is CNC(=O)NC(=O)NC(=O)CCC(C)C. The third-order valence-corrected chi connectivity index (χ3v) is 1.66. The Balaban J connectivity index is 3.77. The van der Waals surface area contributed by atoms with Crippen LogP contribution in [-0.2, 0) is 4.79 Å². The lowest BCUT2D eigenvalue weighted by Gasteiger charge is -2.06. The van der Waals surface area contributed by atoms with Gasteiger partial charge in [-0.05, 0) is 12.3 Å². The maximum atomic E-state index is 11.1. The standard InChI is InChI=1S/C9H17N3O3/c1-6(2)4-5-7(13)11-9(15)12-8(14)10-3/h6H,4-5H2,1-3H3,(H3,10,11,12,13,14,15). The van der Waals surface area contributed by atoms with Crippen molar-refractivity contribution in [1.82, 2.24) is 16.0 Å². The van der Waals surface area contributed by atoms with Crippen LogP contribution in [0.2, 0.25) is 0 Å². The maximum Gasteiger partial charge on any atom is 0.329 e. The van der Waals surface area contributed by atoms with E-state index in [2.05, 4.69) is 10.6 Å². The summed E-state index contributed by atoms with van der Waals surface area (Å²) in [5.41, 5.74) is 0. The Hall–Kier alpha value is -1.59. The van der Waals surface area contributed by atoms with E-state index in [1.54, 1.807) is 0 Å². The lowest BCUT2D eigenvalue weighted by atomic mass is 10.1. The lowest BCUT2D eigenvalue weighted by Crippen LogP contribution is -2.45. The summed E-state index contributed by atoms with van der Waals surface area (Å²) in [5.74, 6) is 0.0165. The minimum absolute atomic E-state index is 0.277. The molecule has 0 aliphatic heterocycles. The van der Waals surface area contributed by atoms with Crippen LogP contribution in [-0.4, -0.2) is 25.0 Å². The van der Waals surface area contributed by atoms with Crippen molar-refractivity contribution in [3.63, 3.8) is 0 Å². The van der Waals surface area contributed by atoms with Gasteiger partial charge >= 0.3 is 12.1 Å². The van der Waals surface area contributed by atoms with Crippen LogP contribution in [0.4, 0.5) is 9.59 Å². The quantitative estimate of drug-likeness (QED) is 0.643. The van der Waals surface area contributed by atoms with Crippen molar-refractivity contribution in [3.8, 4) is 0 Å². The third kappa shape index (κ3) is 7.48. The number of urea groups is 2. The van der Waals surface area contributed by atoms with Crippen molar-refractivity contribution in [2.24, 2.45) is 5.92 Å². The van der Waals surface area contributed by atoms with Gasteiger partial charge in [0.2, 0.25) is 5.91 Å². The molecule has 0 saturated heterocycles. The number of imide groups is 2. The number of rotatable bonds is 3. The van der Waals surface area contributed by atoms with Crippen LogP contribution >= 0.6 is 0 Å². The van der Waals surface area contributed by atoms with Gasteiger partial charge in [0, 0.05) is 13.5 Å². The van der Waals surface area contributed by atoms with Gasteiger partial charge in [-0.15, -0.1) is 0 Å². The number of carbonyl (C=O) groups is 3. The molecule has 6 nitrogen and oxygen atoms in total. The molecule has 5 amide bonds. The summed E-state index contributed by atoms with van der Waals surface area (Å²) in [6, 6.07) is -1.45. The molecule has 0 radical (unpaired) electrons. The summed E-state index contributed by atoms with van der Waals surface area (Å²) in [5, 5.41) is 6.18. The molecule has 0 saturated carbocycles. The highest BCUT2D eigenvalue weighted by atomic mass is 16.2. The molecule has 0 bridgehead atoms. The Morgan fingerprint density at radius 2 is 1.67 bits per heavy atom. The van der Waals surface area contributed by atoms with Crippen LogP contribution in [0.1, 0.15) is 26.7 Å². The topological polar surface area (TPSA) is 87.3 Å². The van der Waals surface area contributed by atoms with E-state index in [1.165, 1.54) is 7.05 Å². The first-order valence-electron chi connectivity index (χ1n) is 4.78. The molecule has 0 aliphatic rings. The van der Waals surface area contributed by atoms with Gasteiger partial charge in [0.05, 0.1) is 0 Å². The molecule has 0 aromatic rings. The second-order valence-electron chi connectivity index (χ2n) is 3.51. The van der Waals surface area contributed by atoms with Gasteiger partial charge in [0.25, 0.3) is 0 Å². The first kappa shape index (κ1) is 13.4. The van der Waals surface area contributed by atoms with E-state index in [4.69, 9.17) is 0 Å². The van der Waals surface area contributed by atoms with E-state index in [9.17, 15) is 14.4 Å². The molecular weight excluding hydrogens is 198 g/mol. The van der Waals surface area contributed by atoms with E-state index < -0.39 is 12.1 Å². The minimum Gasteiger partial charge on any atom is -0.341 e. The molecule has 0 rings (SSSR count). The van der Waals surface area contributed by atoms with Crippen LogP contribution in [0.3, 0.4) is 0 Å². The summed E-state index contributed by atoms with van der Waals surface area (Å²) in [4.78, 5) is 32.8. The predicted octanol–water partition coefficient (Wildman–Crippen LogP) is 0.588. The van der Waals surface area contributed by atoms with Gasteiger partial charge in [0.15, 0.2) is 0 Å². The zero-order chi connectivity index (χ0) is 11.8. The largest absolute Gasteiger partial charge is 0.341 e. The van der Waals surface area contributed by atoms with Gasteiger partial charge in [-0.1, -0.05) is 13.8 Å². The smallest absolute Gasteiger partial charge is 0.329 e. The van der Waals surface area contributed by atoms with Crippen molar-refractivity contribution in [1.29, 1.82) is 0 Å². The zero-order valence-corrected chi connectivity index (χ0v) is 9.22. The molecule has 0 aromatic heterocycles. The van der Waals surface area contributed by atoms with Crippen molar-refractivity contribution < 1.29 is 14.4 Å². The monoisotopic (exact) mass is 215 g/mol. The van der Waals surface area contributed by atoms with Crippen LogP contribution in [0.15, 0.2) is 0 Å². The number of nitrogens with one attached hydrogen (secondary N) is 3. The van der Waals surface area contributed by atoms with Crippen LogP contribution in [0.5, 0.6) is 0 Å². The number of amides is 5. The van der Waals surface area contributed by atoms with Crippen molar-refractivity contribution in [3.05, 3.63) is 0 Å². The van der Waals surface area contributed by atoms with Gasteiger partial charge < -0.3 is 5.32 Å². The van der Waals surface area contributed by atoms with E-state index in [-0.39, 0.29) is 12.3 Å². The molecular formula is C9H17N3O3. The first-order chi connectivity index (χ1) is 6.95. The number of hydrogen-bond donors (Lipinski definition) is 3. The Bertz CT molecular complexity index is 251. The van der Waals surface area contributed by atoms with E-state index in [0.717, 1.165) is 0 Å². The molecule has 0 heterocycles. The normalized spacial score (nSPS) is 9.60. The second-order valence-corrected chi connectivity index (χ2v) is 3.51. The molecule has 0 spiro atoms. The minimum atomic E-state index is -0.803. The Morgan fingerprint density at radius 3 is 2.13 bits per heavy atom. The van der Waals surface area contributed by atoms with Gasteiger partial charge in [-0.25, -0.2) is 9.59 Å². The van der Waals surface area contributed by atoms with E-state index >= 15 is 0 Å². The summed E-state index contributed by atoms with van der Waals surface area (Å²) < 4.78 is 0. The average molecular weight is 215 g/mol. The molecule has 0 fully saturated rings. The van der Waals surface area contributed by atoms with Gasteiger partial charge in [-0.2, -0.15) is 0 Å². The lowest BCUT2D eigenvalue weighted by molar-refractivity contribution is -0.120. The van der Waals surface area contributed by atoms with Gasteiger partial charge in [0.1, 0.15) is 0 Å². The first-order valence-corrected chi connectivity index (χ1v) is 4.78. The number of hydrogen-bond acceptors (Lipinski definition) is 3. The average Bonchev–Trinajstić information content (AvgIpc) is 2.14. The molecule has 0 aliphatic carbocycles. The van der Waals surface area contributed by atoms with Crippen LogP contribution in [0, 0.1) is 5.92 Å². The predicted molar refractivity (Wildman–Crippen MR) is 55.2 cm³/mol. The molecule has 0 unspecified atom stereocenters. The molecule has 3 N–H and O–H groups in total. The highest BCUT2D eigenvalue weighted by Gasteiger charge is 2.10. The summed E-state index contributed by atoms with van der Waals surface area (Å²) >= 11 is 0. The zero-order valence-electron chi connectivity index (χ0n) is 9.22. The van der Waals surface area contributed by atoms with Crippen LogP contribution in [0.25, 0.3) is 0 Å². The molecule has 15 heavy (non-hydrogen) atoms. The summed E-state index contributed by atoms with van der Waals surface area (Å²) in [7, 11) is 1.38. The molecule has 0 aromatic carbocycles. The van der Waals surface area contributed by atoms with E-state index in [1.807, 2.05) is 19.2 Å². The third-order valence-electron chi connectivity index (χ3n) is 1.66. The molecule has 0 atom stereocenters. The van der Waals surface area contributed by atoms with E-state index in [0.29, 0.717) is 12.3 Å². The van der Waals surface area contributed by atoms with Crippen LogP contribution < -0.4 is 16.0 Å². The van der Waals surface area contributed by atoms with Gasteiger partial charge in [-0.3, -0.25) is 15.4 Å². The Kier molecular flexibility index (Phi) is 6.08. The van der Waals surface area contributed by atoms with Crippen molar-refractivity contribution >= 4 is 18.0 Å². The maximum absolute atomic E-state index is 11.1. The van der Waals surface area contributed by atoms with Crippen molar-refractivity contribution in [2.45, 2.75) is 26.7 Å². The summed E-state index contributed by atoms with van der Waals surface area (Å²) in [6.45, 7) is 3.97. The number of carbonyl (C=O) groups excluding carboxylic acids is 3. The summed E-state index contributed by atoms with van der Waals surface area (Å²) in [6.07, 6.45) is 0.984. The Morgan fingerprint density at radius 1 is 1.07 bits per heavy atom. The fraction of sp³-hybridized carbons (Fsp3) is 0.667. The van der Waals surface area contributed by atoms with Crippen molar-refractivity contribution in [2.75, 3.05) is 7.05 Å². The molecule has 6 heteroatoms. The Labute approximate surface area is 88.8 Å². The fourth-order valence-corrected chi connectivity index (χ4v) is 0.806.